The van der Waals surface area contributed by atoms with Gasteiger partial charge in [-0.3, -0.25) is 9.69 Å². The van der Waals surface area contributed by atoms with Crippen molar-refractivity contribution in [3.63, 3.8) is 0 Å². The molecule has 1 saturated heterocycles. The van der Waals surface area contributed by atoms with Gasteiger partial charge < -0.3 is 10.1 Å². The molecule has 2 amide bonds. The van der Waals surface area contributed by atoms with E-state index in [1.54, 1.807) is 45.9 Å². The monoisotopic (exact) mass is 415 g/mol. The number of alkyl halides is 1. The number of carbonyl (C=O) groups is 2. The summed E-state index contributed by atoms with van der Waals surface area (Å²) in [4.78, 5) is 30.3. The van der Waals surface area contributed by atoms with E-state index in [1.807, 2.05) is 0 Å². The summed E-state index contributed by atoms with van der Waals surface area (Å²) < 4.78 is 20.7. The molecule has 138 valence electrons. The number of likely N-dealkylation sites (tertiary alicyclic amines) is 1. The Morgan fingerprint density at radius 1 is 1.48 bits per heavy atom. The summed E-state index contributed by atoms with van der Waals surface area (Å²) >= 11 is 3.23. The maximum Gasteiger partial charge on any atom is 0.411 e. The number of ether oxygens (including phenoxy) is 1. The van der Waals surface area contributed by atoms with E-state index in [-0.39, 0.29) is 19.4 Å². The van der Waals surface area contributed by atoms with Crippen molar-refractivity contribution >= 4 is 33.7 Å². The van der Waals surface area contributed by atoms with E-state index in [2.05, 4.69) is 26.2 Å². The smallest absolute Gasteiger partial charge is 0.411 e. The maximum absolute atomic E-state index is 14.8. The number of nitrogens with one attached hydrogen (secondary N) is 1. The molecule has 25 heavy (non-hydrogen) atoms. The van der Waals surface area contributed by atoms with Crippen LogP contribution in [-0.4, -0.2) is 45.7 Å². The zero-order chi connectivity index (χ0) is 18.8. The Labute approximate surface area is 155 Å². The van der Waals surface area contributed by atoms with E-state index >= 15 is 0 Å². The highest BCUT2D eigenvalue weighted by molar-refractivity contribution is 9.10. The first-order chi connectivity index (χ1) is 11.5. The number of halogens is 2. The molecule has 0 spiro atoms. The first kappa shape index (κ1) is 19.6. The minimum absolute atomic E-state index is 0.0669. The lowest BCUT2D eigenvalue weighted by Gasteiger charge is -2.28. The molecule has 2 heterocycles. The predicted molar refractivity (Wildman–Crippen MR) is 96.0 cm³/mol. The summed E-state index contributed by atoms with van der Waals surface area (Å²) in [6.07, 6.45) is -0.545. The Balaban J connectivity index is 2.19. The number of carbonyl (C=O) groups excluding carboxylic acids is 2. The van der Waals surface area contributed by atoms with Crippen molar-refractivity contribution in [1.82, 2.24) is 9.88 Å². The van der Waals surface area contributed by atoms with Crippen LogP contribution in [0.1, 0.15) is 40.5 Å². The van der Waals surface area contributed by atoms with Crippen LogP contribution in [0.15, 0.2) is 22.8 Å². The van der Waals surface area contributed by atoms with Crippen LogP contribution in [0.25, 0.3) is 0 Å². The van der Waals surface area contributed by atoms with E-state index in [0.29, 0.717) is 10.4 Å². The normalized spacial score (nSPS) is 23.4. The molecule has 2 atom stereocenters. The van der Waals surface area contributed by atoms with Crippen molar-refractivity contribution in [2.45, 2.75) is 57.8 Å². The van der Waals surface area contributed by atoms with Gasteiger partial charge in [0.05, 0.1) is 6.54 Å². The number of rotatable bonds is 3. The third-order valence-electron chi connectivity index (χ3n) is 3.92. The van der Waals surface area contributed by atoms with Gasteiger partial charge in [-0.25, -0.2) is 14.2 Å². The van der Waals surface area contributed by atoms with Crippen molar-refractivity contribution in [3.05, 3.63) is 22.8 Å². The first-order valence-electron chi connectivity index (χ1n) is 8.15. The molecule has 0 radical (unpaired) electrons. The van der Waals surface area contributed by atoms with Crippen molar-refractivity contribution in [1.29, 1.82) is 0 Å². The Kier molecular flexibility index (Phi) is 5.71. The second kappa shape index (κ2) is 7.27. The molecular formula is C17H23BrFN3O3. The van der Waals surface area contributed by atoms with E-state index in [4.69, 9.17) is 4.74 Å². The summed E-state index contributed by atoms with van der Waals surface area (Å²) in [7, 11) is 0. The van der Waals surface area contributed by atoms with Crippen molar-refractivity contribution < 1.29 is 18.7 Å². The third kappa shape index (κ3) is 5.14. The average molecular weight is 416 g/mol. The summed E-state index contributed by atoms with van der Waals surface area (Å²) in [5.41, 5.74) is -2.33. The number of hydrogen-bond donors (Lipinski definition) is 1. The molecule has 0 bridgehead atoms. The van der Waals surface area contributed by atoms with Crippen LogP contribution in [0.3, 0.4) is 0 Å². The van der Waals surface area contributed by atoms with Gasteiger partial charge in [0.2, 0.25) is 5.91 Å². The standard InChI is InChI=1S/C17H23BrFN3O3/c1-5-17(19)9-11(22(10-17)15(24)25-16(2,3)4)14(23)21-13-8-6-7-12(18)20-13/h6-8,11H,5,9-10H2,1-4H3,(H,20,21,23)/t11-,17+/m0/s1. The summed E-state index contributed by atoms with van der Waals surface area (Å²) in [5, 5.41) is 2.64. The van der Waals surface area contributed by atoms with Crippen LogP contribution in [0, 0.1) is 0 Å². The van der Waals surface area contributed by atoms with E-state index in [9.17, 15) is 14.0 Å². The highest BCUT2D eigenvalue weighted by Gasteiger charge is 2.49. The molecule has 1 aliphatic rings. The number of anilines is 1. The minimum atomic E-state index is -1.61. The Morgan fingerprint density at radius 3 is 2.72 bits per heavy atom. The van der Waals surface area contributed by atoms with Gasteiger partial charge in [0, 0.05) is 6.42 Å². The predicted octanol–water partition coefficient (Wildman–Crippen LogP) is 3.91. The molecule has 0 aromatic carbocycles. The van der Waals surface area contributed by atoms with Crippen molar-refractivity contribution in [3.8, 4) is 0 Å². The van der Waals surface area contributed by atoms with Crippen LogP contribution >= 0.6 is 15.9 Å². The van der Waals surface area contributed by atoms with Gasteiger partial charge in [-0.2, -0.15) is 0 Å². The van der Waals surface area contributed by atoms with Gasteiger partial charge in [0.25, 0.3) is 0 Å². The minimum Gasteiger partial charge on any atom is -0.444 e. The number of amides is 2. The van der Waals surface area contributed by atoms with E-state index < -0.39 is 29.3 Å². The van der Waals surface area contributed by atoms with Crippen LogP contribution in [-0.2, 0) is 9.53 Å². The topological polar surface area (TPSA) is 71.5 Å². The SMILES string of the molecule is CC[C@@]1(F)C[C@@H](C(=O)Nc2cccc(Br)n2)N(C(=O)OC(C)(C)C)C1. The van der Waals surface area contributed by atoms with Crippen LogP contribution in [0.2, 0.25) is 0 Å². The molecule has 2 rings (SSSR count). The Hall–Kier alpha value is -1.70. The number of pyridine rings is 1. The Bertz CT molecular complexity index is 665. The molecule has 0 saturated carbocycles. The number of hydrogen-bond acceptors (Lipinski definition) is 4. The lowest BCUT2D eigenvalue weighted by Crippen LogP contribution is -2.45. The largest absolute Gasteiger partial charge is 0.444 e. The Morgan fingerprint density at radius 2 is 2.16 bits per heavy atom. The van der Waals surface area contributed by atoms with Gasteiger partial charge in [-0.15, -0.1) is 0 Å². The van der Waals surface area contributed by atoms with Gasteiger partial charge in [0.15, 0.2) is 0 Å². The fraction of sp³-hybridized carbons (Fsp3) is 0.588. The fourth-order valence-electron chi connectivity index (χ4n) is 2.63. The number of aromatic nitrogens is 1. The zero-order valence-electron chi connectivity index (χ0n) is 14.8. The molecule has 1 aromatic heterocycles. The summed E-state index contributed by atoms with van der Waals surface area (Å²) in [6.45, 7) is 6.71. The van der Waals surface area contributed by atoms with Gasteiger partial charge >= 0.3 is 6.09 Å². The lowest BCUT2D eigenvalue weighted by molar-refractivity contribution is -0.120. The summed E-state index contributed by atoms with van der Waals surface area (Å²) in [6, 6.07) is 4.12. The van der Waals surface area contributed by atoms with E-state index in [0.717, 1.165) is 0 Å². The van der Waals surface area contributed by atoms with Crippen LogP contribution in [0.5, 0.6) is 0 Å². The maximum atomic E-state index is 14.8. The quantitative estimate of drug-likeness (QED) is 0.759. The molecule has 1 aromatic rings. The third-order valence-corrected chi connectivity index (χ3v) is 4.36. The fourth-order valence-corrected chi connectivity index (χ4v) is 2.97. The zero-order valence-corrected chi connectivity index (χ0v) is 16.4. The molecule has 6 nitrogen and oxygen atoms in total. The highest BCUT2D eigenvalue weighted by Crippen LogP contribution is 2.35. The lowest BCUT2D eigenvalue weighted by atomic mass is 9.99. The molecule has 0 aliphatic carbocycles. The average Bonchev–Trinajstić information content (AvgIpc) is 2.85. The molecule has 1 aliphatic heterocycles. The number of nitrogens with zero attached hydrogens (tertiary/aromatic N) is 2. The summed E-state index contributed by atoms with van der Waals surface area (Å²) in [5.74, 6) is -0.152. The van der Waals surface area contributed by atoms with Gasteiger partial charge in [-0.1, -0.05) is 13.0 Å². The molecule has 1 N–H and O–H groups in total. The first-order valence-corrected chi connectivity index (χ1v) is 8.94. The second-order valence-electron chi connectivity index (χ2n) is 7.17. The highest BCUT2D eigenvalue weighted by atomic mass is 79.9. The van der Waals surface area contributed by atoms with E-state index in [1.165, 1.54) is 4.90 Å². The second-order valence-corrected chi connectivity index (χ2v) is 7.98. The molecule has 0 unspecified atom stereocenters. The van der Waals surface area contributed by atoms with Crippen molar-refractivity contribution in [2.75, 3.05) is 11.9 Å². The van der Waals surface area contributed by atoms with Gasteiger partial charge in [0.1, 0.15) is 27.7 Å². The molecular weight excluding hydrogens is 393 g/mol. The van der Waals surface area contributed by atoms with Crippen LogP contribution < -0.4 is 5.32 Å². The molecule has 8 heteroatoms. The molecule has 1 fully saturated rings. The van der Waals surface area contributed by atoms with Crippen LogP contribution in [0.4, 0.5) is 15.0 Å². The van der Waals surface area contributed by atoms with Crippen molar-refractivity contribution in [2.24, 2.45) is 0 Å². The van der Waals surface area contributed by atoms with Gasteiger partial charge in [-0.05, 0) is 55.3 Å².